The van der Waals surface area contributed by atoms with Crippen LogP contribution in [0.1, 0.15) is 56.4 Å². The molecule has 7 nitrogen and oxygen atoms in total. The van der Waals surface area contributed by atoms with Crippen LogP contribution in [0.15, 0.2) is 30.3 Å². The molecule has 0 saturated carbocycles. The Hall–Kier alpha value is -3.11. The van der Waals surface area contributed by atoms with Crippen LogP contribution >= 0.6 is 0 Å². The summed E-state index contributed by atoms with van der Waals surface area (Å²) in [6, 6.07) is 12.9. The van der Waals surface area contributed by atoms with Crippen LogP contribution in [-0.4, -0.2) is 38.6 Å². The van der Waals surface area contributed by atoms with Crippen molar-refractivity contribution >= 4 is 16.9 Å². The van der Waals surface area contributed by atoms with Crippen LogP contribution in [0.4, 0.5) is 5.82 Å². The molecule has 3 heterocycles. The second-order valence-electron chi connectivity index (χ2n) is 8.37. The van der Waals surface area contributed by atoms with Crippen LogP contribution in [0, 0.1) is 11.3 Å². The van der Waals surface area contributed by atoms with Gasteiger partial charge in [0.25, 0.3) is 0 Å². The molecule has 1 fully saturated rings. The monoisotopic (exact) mass is 418 g/mol. The first-order valence-corrected chi connectivity index (χ1v) is 11.1. The molecule has 7 heteroatoms. The largest absolute Gasteiger partial charge is 0.460 e. The SMILES string of the molecule is CCC[C@@H](C)Oc1nc(N)c2cc(C#N)n(Cc3ccc(CN4CCCC4)cc3)c2n1. The minimum Gasteiger partial charge on any atom is -0.460 e. The number of nitriles is 1. The van der Waals surface area contributed by atoms with E-state index in [1.807, 2.05) is 11.5 Å². The van der Waals surface area contributed by atoms with Gasteiger partial charge in [-0.3, -0.25) is 4.90 Å². The highest BCUT2D eigenvalue weighted by molar-refractivity contribution is 5.88. The Kier molecular flexibility index (Phi) is 6.38. The molecule has 31 heavy (non-hydrogen) atoms. The molecule has 4 rings (SSSR count). The first-order chi connectivity index (χ1) is 15.1. The van der Waals surface area contributed by atoms with Crippen molar-refractivity contribution in [1.82, 2.24) is 19.4 Å². The summed E-state index contributed by atoms with van der Waals surface area (Å²) in [6.45, 7) is 8.01. The number of benzene rings is 1. The third-order valence-corrected chi connectivity index (χ3v) is 5.85. The topological polar surface area (TPSA) is 93.0 Å². The van der Waals surface area contributed by atoms with Crippen LogP contribution in [0.25, 0.3) is 11.0 Å². The zero-order valence-corrected chi connectivity index (χ0v) is 18.3. The molecule has 0 spiro atoms. The van der Waals surface area contributed by atoms with E-state index in [1.54, 1.807) is 6.07 Å². The molecular formula is C24H30N6O. The van der Waals surface area contributed by atoms with Crippen molar-refractivity contribution in [2.24, 2.45) is 0 Å². The van der Waals surface area contributed by atoms with Gasteiger partial charge in [-0.05, 0) is 56.5 Å². The lowest BCUT2D eigenvalue weighted by molar-refractivity contribution is 0.193. The third-order valence-electron chi connectivity index (χ3n) is 5.85. The van der Waals surface area contributed by atoms with Crippen molar-refractivity contribution in [3.8, 4) is 12.1 Å². The fourth-order valence-electron chi connectivity index (χ4n) is 4.21. The Morgan fingerprint density at radius 1 is 1.13 bits per heavy atom. The predicted molar refractivity (Wildman–Crippen MR) is 122 cm³/mol. The van der Waals surface area contributed by atoms with Gasteiger partial charge in [-0.1, -0.05) is 37.6 Å². The molecular weight excluding hydrogens is 388 g/mol. The summed E-state index contributed by atoms with van der Waals surface area (Å²) >= 11 is 0. The van der Waals surface area contributed by atoms with E-state index in [9.17, 15) is 5.26 Å². The van der Waals surface area contributed by atoms with Gasteiger partial charge in [0.05, 0.1) is 18.0 Å². The maximum atomic E-state index is 9.68. The summed E-state index contributed by atoms with van der Waals surface area (Å²) in [7, 11) is 0. The van der Waals surface area contributed by atoms with Gasteiger partial charge in [-0.25, -0.2) is 0 Å². The molecule has 0 amide bonds. The molecule has 3 aromatic rings. The van der Waals surface area contributed by atoms with Crippen molar-refractivity contribution in [3.63, 3.8) is 0 Å². The van der Waals surface area contributed by atoms with Crippen LogP contribution in [0.5, 0.6) is 6.01 Å². The van der Waals surface area contributed by atoms with E-state index in [1.165, 1.54) is 31.5 Å². The molecule has 1 atom stereocenters. The van der Waals surface area contributed by atoms with E-state index >= 15 is 0 Å². The van der Waals surface area contributed by atoms with Gasteiger partial charge in [0.1, 0.15) is 17.6 Å². The second-order valence-corrected chi connectivity index (χ2v) is 8.37. The number of fused-ring (bicyclic) bond motifs is 1. The van der Waals surface area contributed by atoms with Gasteiger partial charge >= 0.3 is 6.01 Å². The number of nitrogen functional groups attached to an aromatic ring is 1. The van der Waals surface area contributed by atoms with Crippen LogP contribution in [0.2, 0.25) is 0 Å². The van der Waals surface area contributed by atoms with Crippen LogP contribution in [0.3, 0.4) is 0 Å². The average Bonchev–Trinajstić information content (AvgIpc) is 3.38. The lowest BCUT2D eigenvalue weighted by Crippen LogP contribution is -2.18. The molecule has 1 saturated heterocycles. The lowest BCUT2D eigenvalue weighted by atomic mass is 10.1. The molecule has 0 bridgehead atoms. The van der Waals surface area contributed by atoms with Gasteiger partial charge in [0.2, 0.25) is 0 Å². The molecule has 0 aliphatic carbocycles. The number of nitrogens with zero attached hydrogens (tertiary/aromatic N) is 5. The van der Waals surface area contributed by atoms with Gasteiger partial charge in [0.15, 0.2) is 5.65 Å². The maximum absolute atomic E-state index is 9.68. The predicted octanol–water partition coefficient (Wildman–Crippen LogP) is 4.10. The lowest BCUT2D eigenvalue weighted by Gasteiger charge is -2.15. The zero-order chi connectivity index (χ0) is 21.8. The molecule has 1 aromatic carbocycles. The molecule has 1 aliphatic heterocycles. The van der Waals surface area contributed by atoms with E-state index < -0.39 is 0 Å². The Bertz CT molecular complexity index is 1080. The highest BCUT2D eigenvalue weighted by atomic mass is 16.5. The quantitative estimate of drug-likeness (QED) is 0.592. The van der Waals surface area contributed by atoms with Gasteiger partial charge in [-0.2, -0.15) is 15.2 Å². The number of hydrogen-bond acceptors (Lipinski definition) is 6. The first-order valence-electron chi connectivity index (χ1n) is 11.1. The standard InChI is InChI=1S/C24H30N6O/c1-3-6-17(2)31-24-27-22(26)21-13-20(14-25)30(23(21)28-24)16-19-9-7-18(8-10-19)15-29-11-4-5-12-29/h7-10,13,17H,3-6,11-12,15-16H2,1-2H3,(H2,26,27,28)/t17-/m1/s1. The minimum atomic E-state index is 0.00357. The van der Waals surface area contributed by atoms with Gasteiger partial charge in [-0.15, -0.1) is 0 Å². The Balaban J connectivity index is 1.59. The number of hydrogen-bond donors (Lipinski definition) is 1. The highest BCUT2D eigenvalue weighted by Gasteiger charge is 2.17. The number of likely N-dealkylation sites (tertiary alicyclic amines) is 1. The molecule has 0 unspecified atom stereocenters. The summed E-state index contributed by atoms with van der Waals surface area (Å²) in [4.78, 5) is 11.4. The van der Waals surface area contributed by atoms with Gasteiger partial charge < -0.3 is 15.0 Å². The fraction of sp³-hybridized carbons (Fsp3) is 0.458. The Morgan fingerprint density at radius 3 is 2.45 bits per heavy atom. The number of ether oxygens (including phenoxy) is 1. The van der Waals surface area contributed by atoms with E-state index in [2.05, 4.69) is 52.1 Å². The molecule has 2 N–H and O–H groups in total. The number of nitrogens with two attached hydrogens (primary N) is 1. The molecule has 2 aromatic heterocycles. The van der Waals surface area contributed by atoms with Crippen LogP contribution in [-0.2, 0) is 13.1 Å². The summed E-state index contributed by atoms with van der Waals surface area (Å²) in [5, 5.41) is 10.4. The molecule has 0 radical (unpaired) electrons. The summed E-state index contributed by atoms with van der Waals surface area (Å²) in [5.74, 6) is 0.333. The minimum absolute atomic E-state index is 0.00357. The van der Waals surface area contributed by atoms with E-state index in [0.717, 1.165) is 24.9 Å². The summed E-state index contributed by atoms with van der Waals surface area (Å²) in [6.07, 6.45) is 4.52. The van der Waals surface area contributed by atoms with Crippen molar-refractivity contribution in [2.75, 3.05) is 18.8 Å². The third kappa shape index (κ3) is 4.80. The molecule has 162 valence electrons. The van der Waals surface area contributed by atoms with Crippen molar-refractivity contribution < 1.29 is 4.74 Å². The van der Waals surface area contributed by atoms with Crippen molar-refractivity contribution in [3.05, 3.63) is 47.2 Å². The van der Waals surface area contributed by atoms with Crippen LogP contribution < -0.4 is 10.5 Å². The zero-order valence-electron chi connectivity index (χ0n) is 18.3. The van der Waals surface area contributed by atoms with E-state index in [-0.39, 0.29) is 12.1 Å². The maximum Gasteiger partial charge on any atom is 0.320 e. The first kappa shape index (κ1) is 21.1. The average molecular weight is 419 g/mol. The normalized spacial score (nSPS) is 15.3. The number of anilines is 1. The summed E-state index contributed by atoms with van der Waals surface area (Å²) in [5.41, 5.74) is 9.74. The van der Waals surface area contributed by atoms with Gasteiger partial charge in [0, 0.05) is 6.54 Å². The van der Waals surface area contributed by atoms with Crippen molar-refractivity contribution in [2.45, 2.75) is 58.7 Å². The Labute approximate surface area is 183 Å². The second kappa shape index (κ2) is 9.36. The van der Waals surface area contributed by atoms with E-state index in [0.29, 0.717) is 29.1 Å². The number of rotatable bonds is 8. The summed E-state index contributed by atoms with van der Waals surface area (Å²) < 4.78 is 7.76. The fourth-order valence-corrected chi connectivity index (χ4v) is 4.21. The van der Waals surface area contributed by atoms with Crippen molar-refractivity contribution in [1.29, 1.82) is 5.26 Å². The Morgan fingerprint density at radius 2 is 1.81 bits per heavy atom. The highest BCUT2D eigenvalue weighted by Crippen LogP contribution is 2.26. The number of aromatic nitrogens is 3. The molecule has 1 aliphatic rings. The van der Waals surface area contributed by atoms with E-state index in [4.69, 9.17) is 10.5 Å². The smallest absolute Gasteiger partial charge is 0.320 e.